The predicted molar refractivity (Wildman–Crippen MR) is 134 cm³/mol. The first-order valence-electron chi connectivity index (χ1n) is 11.4. The van der Waals surface area contributed by atoms with Crippen LogP contribution in [0.15, 0.2) is 28.6 Å². The second-order valence-electron chi connectivity index (χ2n) is 8.60. The van der Waals surface area contributed by atoms with E-state index in [9.17, 15) is 17.9 Å². The number of nitrogens with zero attached hydrogens (tertiary/aromatic N) is 2. The Kier molecular flexibility index (Phi) is 10.1. The number of halogens is 2. The molecule has 4 N–H and O–H groups in total. The van der Waals surface area contributed by atoms with E-state index < -0.39 is 20.7 Å². The van der Waals surface area contributed by atoms with Crippen LogP contribution in [-0.2, 0) is 14.8 Å². The third-order valence-electron chi connectivity index (χ3n) is 6.31. The first kappa shape index (κ1) is 27.6. The van der Waals surface area contributed by atoms with Gasteiger partial charge < -0.3 is 15.5 Å². The molecule has 9 nitrogen and oxygen atoms in total. The first-order chi connectivity index (χ1) is 16.8. The molecule has 13 heteroatoms. The Morgan fingerprint density at radius 2 is 2.00 bits per heavy atom. The molecule has 35 heavy (non-hydrogen) atoms. The summed E-state index contributed by atoms with van der Waals surface area (Å²) < 4.78 is 42.4. The SMILES string of the molecule is O=CO.O=S(=O)(Nc1nccs1)c1cc(Cl)c(N[C@H]2CCCC[C@@H]2N2CCCC(CO)C2)cc1F. The van der Waals surface area contributed by atoms with Crippen LogP contribution in [0.3, 0.4) is 0 Å². The molecule has 1 saturated heterocycles. The molecule has 2 fully saturated rings. The molecule has 2 aliphatic rings. The van der Waals surface area contributed by atoms with E-state index in [0.717, 1.165) is 75.1 Å². The third kappa shape index (κ3) is 7.26. The summed E-state index contributed by atoms with van der Waals surface area (Å²) in [7, 11) is -4.14. The van der Waals surface area contributed by atoms with Crippen molar-refractivity contribution < 1.29 is 27.8 Å². The minimum Gasteiger partial charge on any atom is -0.483 e. The van der Waals surface area contributed by atoms with Gasteiger partial charge in [0.15, 0.2) is 5.13 Å². The number of aromatic nitrogens is 1. The summed E-state index contributed by atoms with van der Waals surface area (Å²) in [5.41, 5.74) is 0.394. The van der Waals surface area contributed by atoms with Gasteiger partial charge in [0.2, 0.25) is 0 Å². The van der Waals surface area contributed by atoms with Gasteiger partial charge in [-0.25, -0.2) is 17.8 Å². The van der Waals surface area contributed by atoms with Crippen LogP contribution in [0.2, 0.25) is 5.02 Å². The number of carboxylic acid groups (broad SMARTS) is 1. The number of benzene rings is 1. The minimum atomic E-state index is -4.14. The van der Waals surface area contributed by atoms with Crippen LogP contribution >= 0.6 is 22.9 Å². The first-order valence-corrected chi connectivity index (χ1v) is 14.1. The molecular formula is C22H30ClFN4O5S2. The Bertz CT molecular complexity index is 1070. The number of likely N-dealkylation sites (tertiary alicyclic amines) is 1. The van der Waals surface area contributed by atoms with Crippen LogP contribution in [-0.4, -0.2) is 66.8 Å². The van der Waals surface area contributed by atoms with E-state index in [-0.39, 0.29) is 35.3 Å². The van der Waals surface area contributed by atoms with Gasteiger partial charge in [-0.3, -0.25) is 14.4 Å². The molecule has 3 atom stereocenters. The molecule has 194 valence electrons. The average Bonchev–Trinajstić information content (AvgIpc) is 3.34. The number of aliphatic hydroxyl groups is 1. The van der Waals surface area contributed by atoms with E-state index in [1.165, 1.54) is 6.20 Å². The van der Waals surface area contributed by atoms with Gasteiger partial charge in [0.1, 0.15) is 10.7 Å². The summed E-state index contributed by atoms with van der Waals surface area (Å²) in [6.45, 7) is 1.80. The maximum atomic E-state index is 14.9. The van der Waals surface area contributed by atoms with Crippen LogP contribution in [0.1, 0.15) is 38.5 Å². The van der Waals surface area contributed by atoms with Crippen LogP contribution in [0, 0.1) is 11.7 Å². The molecule has 1 saturated carbocycles. The van der Waals surface area contributed by atoms with Crippen molar-refractivity contribution in [3.05, 3.63) is 34.5 Å². The van der Waals surface area contributed by atoms with Crippen molar-refractivity contribution >= 4 is 50.3 Å². The fraction of sp³-hybridized carbons (Fsp3) is 0.545. The lowest BCUT2D eigenvalue weighted by atomic mass is 9.86. The fourth-order valence-corrected chi connectivity index (χ4v) is 6.91. The molecule has 1 aromatic heterocycles. The minimum absolute atomic E-state index is 0.0778. The molecule has 1 aliphatic carbocycles. The monoisotopic (exact) mass is 548 g/mol. The Morgan fingerprint density at radius 3 is 2.69 bits per heavy atom. The van der Waals surface area contributed by atoms with Gasteiger partial charge in [-0.15, -0.1) is 11.3 Å². The zero-order valence-electron chi connectivity index (χ0n) is 19.1. The third-order valence-corrected chi connectivity index (χ3v) is 8.80. The maximum Gasteiger partial charge on any atom is 0.290 e. The number of sulfonamides is 1. The Labute approximate surface area is 213 Å². The second-order valence-corrected chi connectivity index (χ2v) is 11.6. The van der Waals surface area contributed by atoms with Crippen molar-refractivity contribution in [1.29, 1.82) is 0 Å². The van der Waals surface area contributed by atoms with E-state index >= 15 is 0 Å². The van der Waals surface area contributed by atoms with Gasteiger partial charge in [0.05, 0.1) is 10.7 Å². The summed E-state index contributed by atoms with van der Waals surface area (Å²) in [6.07, 6.45) is 7.71. The summed E-state index contributed by atoms with van der Waals surface area (Å²) in [5.74, 6) is -0.575. The van der Waals surface area contributed by atoms with E-state index in [2.05, 4.69) is 19.9 Å². The van der Waals surface area contributed by atoms with E-state index in [1.54, 1.807) is 5.38 Å². The molecule has 2 aromatic rings. The number of thiazole rings is 1. The molecule has 1 unspecified atom stereocenters. The highest BCUT2D eigenvalue weighted by atomic mass is 35.5. The predicted octanol–water partition coefficient (Wildman–Crippen LogP) is 3.86. The lowest BCUT2D eigenvalue weighted by molar-refractivity contribution is -0.122. The number of hydrogen-bond acceptors (Lipinski definition) is 8. The standard InChI is InChI=1S/C21H28ClFN4O3S2.CH2O2/c22-15-10-20(32(29,30)26-21-24-7-9-31-21)16(23)11-18(15)25-17-5-1-2-6-19(17)27-8-3-4-14(12-27)13-28;2-1-3/h7,9-11,14,17,19,25,28H,1-6,8,12-13H2,(H,24,26);1H,(H,2,3)/t14?,17-,19-;/m0./s1. The number of anilines is 2. The molecule has 1 aromatic carbocycles. The largest absolute Gasteiger partial charge is 0.483 e. The van der Waals surface area contributed by atoms with Crippen LogP contribution in [0.5, 0.6) is 0 Å². The molecule has 0 bridgehead atoms. The molecule has 0 amide bonds. The molecule has 4 rings (SSSR count). The number of rotatable bonds is 7. The van der Waals surface area contributed by atoms with Gasteiger partial charge in [0, 0.05) is 36.8 Å². The summed E-state index contributed by atoms with van der Waals surface area (Å²) in [6, 6.07) is 2.66. The van der Waals surface area contributed by atoms with E-state index in [1.807, 2.05) is 0 Å². The number of carbonyl (C=O) groups is 1. The fourth-order valence-electron chi connectivity index (χ4n) is 4.75. The van der Waals surface area contributed by atoms with Crippen LogP contribution in [0.25, 0.3) is 0 Å². The van der Waals surface area contributed by atoms with Crippen molar-refractivity contribution in [2.24, 2.45) is 5.92 Å². The highest BCUT2D eigenvalue weighted by Gasteiger charge is 2.33. The van der Waals surface area contributed by atoms with Gasteiger partial charge in [-0.1, -0.05) is 24.4 Å². The van der Waals surface area contributed by atoms with Crippen molar-refractivity contribution in [3.8, 4) is 0 Å². The quantitative estimate of drug-likeness (QED) is 0.383. The number of nitrogens with one attached hydrogen (secondary N) is 2. The van der Waals surface area contributed by atoms with Crippen molar-refractivity contribution in [2.75, 3.05) is 29.7 Å². The topological polar surface area (TPSA) is 132 Å². The Hall–Kier alpha value is -1.99. The van der Waals surface area contributed by atoms with Gasteiger partial charge in [-0.05, 0) is 50.3 Å². The smallest absolute Gasteiger partial charge is 0.290 e. The number of hydrogen-bond donors (Lipinski definition) is 4. The van der Waals surface area contributed by atoms with Crippen molar-refractivity contribution in [2.45, 2.75) is 55.5 Å². The molecule has 2 heterocycles. The summed E-state index contributed by atoms with van der Waals surface area (Å²) in [4.78, 5) is 14.2. The highest BCUT2D eigenvalue weighted by Crippen LogP contribution is 2.34. The molecule has 0 radical (unpaired) electrons. The Balaban J connectivity index is 0.00000108. The van der Waals surface area contributed by atoms with Gasteiger partial charge in [-0.2, -0.15) is 0 Å². The van der Waals surface area contributed by atoms with E-state index in [0.29, 0.717) is 11.6 Å². The zero-order valence-corrected chi connectivity index (χ0v) is 21.5. The number of aliphatic hydroxyl groups excluding tert-OH is 1. The molecular weight excluding hydrogens is 519 g/mol. The molecule has 0 spiro atoms. The lowest BCUT2D eigenvalue weighted by Crippen LogP contribution is -2.52. The summed E-state index contributed by atoms with van der Waals surface area (Å²) >= 11 is 7.51. The van der Waals surface area contributed by atoms with Gasteiger partial charge >= 0.3 is 0 Å². The van der Waals surface area contributed by atoms with Crippen LogP contribution < -0.4 is 10.0 Å². The molecule has 1 aliphatic heterocycles. The average molecular weight is 549 g/mol. The highest BCUT2D eigenvalue weighted by molar-refractivity contribution is 7.93. The van der Waals surface area contributed by atoms with E-state index in [4.69, 9.17) is 21.5 Å². The maximum absolute atomic E-state index is 14.9. The van der Waals surface area contributed by atoms with Crippen LogP contribution in [0.4, 0.5) is 15.2 Å². The Morgan fingerprint density at radius 1 is 1.26 bits per heavy atom. The van der Waals surface area contributed by atoms with Gasteiger partial charge in [0.25, 0.3) is 16.5 Å². The van der Waals surface area contributed by atoms with Crippen molar-refractivity contribution in [3.63, 3.8) is 0 Å². The van der Waals surface area contributed by atoms with Crippen molar-refractivity contribution in [1.82, 2.24) is 9.88 Å². The number of piperidine rings is 1. The summed E-state index contributed by atoms with van der Waals surface area (Å²) in [5, 5.41) is 21.8. The normalized spacial score (nSPS) is 23.1. The zero-order chi connectivity index (χ0) is 25.4. The lowest BCUT2D eigenvalue weighted by Gasteiger charge is -2.44. The second kappa shape index (κ2) is 12.8.